The van der Waals surface area contributed by atoms with E-state index in [4.69, 9.17) is 0 Å². The van der Waals surface area contributed by atoms with Gasteiger partial charge in [-0.1, -0.05) is 26.7 Å². The molecule has 0 amide bonds. The molecule has 0 radical (unpaired) electrons. The van der Waals surface area contributed by atoms with E-state index in [-0.39, 0.29) is 17.6 Å². The second-order valence-electron chi connectivity index (χ2n) is 9.18. The van der Waals surface area contributed by atoms with Crippen LogP contribution in [0.15, 0.2) is 0 Å². The van der Waals surface area contributed by atoms with Crippen LogP contribution in [0.25, 0.3) is 0 Å². The smallest absolute Gasteiger partial charge is 0.0596 e. The summed E-state index contributed by atoms with van der Waals surface area (Å²) in [4.78, 5) is 0. The fourth-order valence-electron chi connectivity index (χ4n) is 7.33. The molecule has 0 aromatic carbocycles. The van der Waals surface area contributed by atoms with Gasteiger partial charge >= 0.3 is 0 Å². The number of aliphatic hydroxyl groups is 2. The molecular weight excluding hydrogens is 260 g/mol. The first kappa shape index (κ1) is 14.5. The van der Waals surface area contributed by atoms with Crippen LogP contribution in [0.3, 0.4) is 0 Å². The predicted molar refractivity (Wildman–Crippen MR) is 83.7 cm³/mol. The Hall–Kier alpha value is -0.0800. The van der Waals surface area contributed by atoms with Gasteiger partial charge in [-0.15, -0.1) is 0 Å². The van der Waals surface area contributed by atoms with Crippen LogP contribution < -0.4 is 0 Å². The minimum Gasteiger partial charge on any atom is -0.393 e. The van der Waals surface area contributed by atoms with E-state index in [2.05, 4.69) is 13.8 Å². The Morgan fingerprint density at radius 1 is 0.762 bits per heavy atom. The molecule has 0 heterocycles. The normalized spacial score (nSPS) is 60.0. The van der Waals surface area contributed by atoms with E-state index < -0.39 is 0 Å². The van der Waals surface area contributed by atoms with Crippen LogP contribution in [0.5, 0.6) is 0 Å². The van der Waals surface area contributed by atoms with E-state index in [1.54, 1.807) is 0 Å². The summed E-state index contributed by atoms with van der Waals surface area (Å²) in [6.07, 6.45) is 10.7. The standard InChI is InChI=1S/C19H32O2/c1-18-9-4-3-5-15(18)16(20)11-12-13-6-7-17(21)19(13,2)10-8-14(12)18/h12-17,20-21H,3-11H2,1-2H3/t12?,13?,14?,15-,16+,17+,18-,19+/m1/s1. The molecule has 2 heteroatoms. The van der Waals surface area contributed by atoms with Crippen LogP contribution in [0.1, 0.15) is 71.6 Å². The van der Waals surface area contributed by atoms with E-state index in [1.807, 2.05) is 0 Å². The van der Waals surface area contributed by atoms with Gasteiger partial charge in [-0.25, -0.2) is 0 Å². The summed E-state index contributed by atoms with van der Waals surface area (Å²) >= 11 is 0. The third kappa shape index (κ3) is 1.84. The summed E-state index contributed by atoms with van der Waals surface area (Å²) in [6.45, 7) is 4.82. The number of fused-ring (bicyclic) bond motifs is 5. The monoisotopic (exact) mass is 292 g/mol. The van der Waals surface area contributed by atoms with Crippen molar-refractivity contribution in [2.24, 2.45) is 34.5 Å². The van der Waals surface area contributed by atoms with E-state index in [0.29, 0.717) is 23.2 Å². The third-order valence-electron chi connectivity index (χ3n) is 8.54. The maximum absolute atomic E-state index is 10.8. The highest BCUT2D eigenvalue weighted by molar-refractivity contribution is 5.10. The minimum absolute atomic E-state index is 0.0864. The molecule has 0 spiro atoms. The zero-order valence-electron chi connectivity index (χ0n) is 13.7. The average Bonchev–Trinajstić information content (AvgIpc) is 2.75. The van der Waals surface area contributed by atoms with Crippen LogP contribution in [0.2, 0.25) is 0 Å². The Morgan fingerprint density at radius 3 is 2.33 bits per heavy atom. The van der Waals surface area contributed by atoms with Crippen molar-refractivity contribution in [2.45, 2.75) is 83.8 Å². The van der Waals surface area contributed by atoms with Gasteiger partial charge in [0.25, 0.3) is 0 Å². The van der Waals surface area contributed by atoms with Gasteiger partial charge in [0.05, 0.1) is 12.2 Å². The van der Waals surface area contributed by atoms with E-state index in [1.165, 1.54) is 44.9 Å². The van der Waals surface area contributed by atoms with Gasteiger partial charge in [0.15, 0.2) is 0 Å². The Balaban J connectivity index is 1.68. The molecule has 3 unspecified atom stereocenters. The van der Waals surface area contributed by atoms with Crippen molar-refractivity contribution < 1.29 is 10.2 Å². The molecule has 21 heavy (non-hydrogen) atoms. The largest absolute Gasteiger partial charge is 0.393 e. The van der Waals surface area contributed by atoms with Gasteiger partial charge in [-0.3, -0.25) is 0 Å². The first-order valence-electron chi connectivity index (χ1n) is 9.33. The molecule has 0 saturated heterocycles. The molecule has 0 bridgehead atoms. The highest BCUT2D eigenvalue weighted by Gasteiger charge is 2.61. The summed E-state index contributed by atoms with van der Waals surface area (Å²) in [5.41, 5.74) is 0.508. The summed E-state index contributed by atoms with van der Waals surface area (Å²) in [5.74, 6) is 2.66. The molecule has 8 atom stereocenters. The van der Waals surface area contributed by atoms with Gasteiger partial charge in [-0.05, 0) is 79.4 Å². The number of hydrogen-bond acceptors (Lipinski definition) is 2. The number of aliphatic hydroxyl groups excluding tert-OH is 2. The first-order chi connectivity index (χ1) is 9.97. The molecule has 4 aliphatic rings. The van der Waals surface area contributed by atoms with Crippen molar-refractivity contribution in [3.05, 3.63) is 0 Å². The maximum atomic E-state index is 10.8. The fourth-order valence-corrected chi connectivity index (χ4v) is 7.33. The highest BCUT2D eigenvalue weighted by atomic mass is 16.3. The van der Waals surface area contributed by atoms with Gasteiger partial charge in [-0.2, -0.15) is 0 Å². The molecule has 4 rings (SSSR count). The number of rotatable bonds is 0. The van der Waals surface area contributed by atoms with Crippen LogP contribution in [-0.4, -0.2) is 22.4 Å². The summed E-state index contributed by atoms with van der Waals surface area (Å²) in [5, 5.41) is 21.3. The van der Waals surface area contributed by atoms with Crippen molar-refractivity contribution in [1.82, 2.24) is 0 Å². The Kier molecular flexibility index (Phi) is 3.25. The zero-order valence-corrected chi connectivity index (χ0v) is 13.7. The molecule has 2 N–H and O–H groups in total. The summed E-state index contributed by atoms with van der Waals surface area (Å²) in [6, 6.07) is 0. The lowest BCUT2D eigenvalue weighted by Crippen LogP contribution is -2.57. The lowest BCUT2D eigenvalue weighted by atomic mass is 9.44. The summed E-state index contributed by atoms with van der Waals surface area (Å²) in [7, 11) is 0. The van der Waals surface area contributed by atoms with Crippen LogP contribution >= 0.6 is 0 Å². The number of hydrogen-bond donors (Lipinski definition) is 2. The van der Waals surface area contributed by atoms with E-state index >= 15 is 0 Å². The highest BCUT2D eigenvalue weighted by Crippen LogP contribution is 2.66. The van der Waals surface area contributed by atoms with Crippen molar-refractivity contribution >= 4 is 0 Å². The average molecular weight is 292 g/mol. The van der Waals surface area contributed by atoms with Crippen molar-refractivity contribution in [2.75, 3.05) is 0 Å². The lowest BCUT2D eigenvalue weighted by molar-refractivity contribution is -0.162. The summed E-state index contributed by atoms with van der Waals surface area (Å²) < 4.78 is 0. The van der Waals surface area contributed by atoms with E-state index in [9.17, 15) is 10.2 Å². The van der Waals surface area contributed by atoms with Crippen molar-refractivity contribution in [1.29, 1.82) is 0 Å². The van der Waals surface area contributed by atoms with E-state index in [0.717, 1.165) is 18.8 Å². The molecule has 4 aliphatic carbocycles. The Morgan fingerprint density at radius 2 is 1.52 bits per heavy atom. The zero-order chi connectivity index (χ0) is 14.8. The molecule has 120 valence electrons. The molecular formula is C19H32O2. The Labute approximate surface area is 129 Å². The van der Waals surface area contributed by atoms with Crippen molar-refractivity contribution in [3.8, 4) is 0 Å². The second-order valence-corrected chi connectivity index (χ2v) is 9.18. The molecule has 0 aliphatic heterocycles. The van der Waals surface area contributed by atoms with Gasteiger partial charge in [0.2, 0.25) is 0 Å². The lowest BCUT2D eigenvalue weighted by Gasteiger charge is -2.61. The molecule has 2 nitrogen and oxygen atoms in total. The van der Waals surface area contributed by atoms with Gasteiger partial charge in [0.1, 0.15) is 0 Å². The molecule has 0 aromatic rings. The maximum Gasteiger partial charge on any atom is 0.0596 e. The second kappa shape index (κ2) is 4.71. The van der Waals surface area contributed by atoms with Crippen molar-refractivity contribution in [3.63, 3.8) is 0 Å². The van der Waals surface area contributed by atoms with Gasteiger partial charge < -0.3 is 10.2 Å². The third-order valence-corrected chi connectivity index (χ3v) is 8.54. The van der Waals surface area contributed by atoms with Crippen LogP contribution in [0.4, 0.5) is 0 Å². The van der Waals surface area contributed by atoms with Gasteiger partial charge in [0, 0.05) is 0 Å². The minimum atomic E-state index is -0.0996. The predicted octanol–water partition coefficient (Wildman–Crippen LogP) is 3.75. The fraction of sp³-hybridized carbons (Fsp3) is 1.00. The molecule has 4 fully saturated rings. The molecule has 4 saturated carbocycles. The SMILES string of the molecule is C[C@]12CCC3C(C[C@H](O)[C@H]4CCCC[C@]34C)C1CC[C@@H]2O. The topological polar surface area (TPSA) is 40.5 Å². The quantitative estimate of drug-likeness (QED) is 0.714. The first-order valence-corrected chi connectivity index (χ1v) is 9.33. The van der Waals surface area contributed by atoms with Crippen LogP contribution in [0, 0.1) is 34.5 Å². The van der Waals surface area contributed by atoms with Crippen LogP contribution in [-0.2, 0) is 0 Å². The Bertz CT molecular complexity index is 422. The molecule has 0 aromatic heterocycles.